The van der Waals surface area contributed by atoms with Crippen LogP contribution in [0.25, 0.3) is 0 Å². The smallest absolute Gasteiger partial charge is 0.413 e. The van der Waals surface area contributed by atoms with Crippen LogP contribution in [0.4, 0.5) is 4.79 Å². The van der Waals surface area contributed by atoms with Crippen LogP contribution in [-0.2, 0) is 16.1 Å². The molecule has 7 heteroatoms. The Morgan fingerprint density at radius 1 is 1.35 bits per heavy atom. The molecule has 1 atom stereocenters. The first-order valence-corrected chi connectivity index (χ1v) is 6.16. The number of hydrogen-bond acceptors (Lipinski definition) is 5. The first-order chi connectivity index (χ1) is 9.58. The number of hydrogen-bond donors (Lipinski definition) is 2. The van der Waals surface area contributed by atoms with Gasteiger partial charge >= 0.3 is 6.09 Å². The molecule has 1 aliphatic rings. The molecular weight excluding hydrogens is 264 g/mol. The van der Waals surface area contributed by atoms with E-state index in [-0.39, 0.29) is 19.2 Å². The average molecular weight is 281 g/mol. The van der Waals surface area contributed by atoms with Crippen molar-refractivity contribution in [3.63, 3.8) is 0 Å². The number of carbonyl (C=O) groups is 2. The molecule has 108 valence electrons. The molecule has 0 bridgehead atoms. The van der Waals surface area contributed by atoms with E-state index in [9.17, 15) is 9.59 Å². The van der Waals surface area contributed by atoms with Crippen molar-refractivity contribution in [2.45, 2.75) is 6.54 Å². The summed E-state index contributed by atoms with van der Waals surface area (Å²) in [5.74, 6) is 1.07. The summed E-state index contributed by atoms with van der Waals surface area (Å²) in [6.45, 7) is 1.04. The Kier molecular flexibility index (Phi) is 4.41. The Morgan fingerprint density at radius 2 is 2.10 bits per heavy atom. The molecule has 0 aromatic heterocycles. The lowest BCUT2D eigenvalue weighted by Crippen LogP contribution is -3.08. The SMILES string of the molecule is COC(=O)NC(=O)C[NH+](C)Cc1ccc2c(c1)OCO2. The third-order valence-corrected chi connectivity index (χ3v) is 2.83. The van der Waals surface area contributed by atoms with E-state index in [2.05, 4.69) is 10.1 Å². The second-order valence-corrected chi connectivity index (χ2v) is 4.54. The number of likely N-dealkylation sites (N-methyl/N-ethyl adjacent to an activating group) is 1. The monoisotopic (exact) mass is 281 g/mol. The van der Waals surface area contributed by atoms with Crippen molar-refractivity contribution in [1.82, 2.24) is 5.32 Å². The molecule has 2 rings (SSSR count). The number of benzene rings is 1. The maximum Gasteiger partial charge on any atom is 0.413 e. The summed E-state index contributed by atoms with van der Waals surface area (Å²) in [6, 6.07) is 5.67. The van der Waals surface area contributed by atoms with Crippen molar-refractivity contribution < 1.29 is 28.7 Å². The van der Waals surface area contributed by atoms with Gasteiger partial charge in [-0.05, 0) is 18.2 Å². The van der Waals surface area contributed by atoms with E-state index < -0.39 is 6.09 Å². The fraction of sp³-hybridized carbons (Fsp3) is 0.385. The van der Waals surface area contributed by atoms with Crippen molar-refractivity contribution >= 4 is 12.0 Å². The standard InChI is InChI=1S/C13H16N2O5/c1-15(7-12(16)14-13(17)18-2)6-9-3-4-10-11(5-9)20-8-19-10/h3-5H,6-8H2,1-2H3,(H,14,16,17)/p+1. The normalized spacial score (nSPS) is 13.7. The number of imide groups is 1. The fourth-order valence-corrected chi connectivity index (χ4v) is 1.95. The van der Waals surface area contributed by atoms with E-state index in [0.717, 1.165) is 16.2 Å². The largest absolute Gasteiger partial charge is 0.454 e. The number of fused-ring (bicyclic) bond motifs is 1. The maximum absolute atomic E-state index is 11.5. The number of amides is 2. The van der Waals surface area contributed by atoms with E-state index in [1.165, 1.54) is 7.11 Å². The first-order valence-electron chi connectivity index (χ1n) is 6.16. The van der Waals surface area contributed by atoms with Crippen LogP contribution in [0.2, 0.25) is 0 Å². The van der Waals surface area contributed by atoms with E-state index in [1.807, 2.05) is 25.2 Å². The van der Waals surface area contributed by atoms with Crippen LogP contribution in [0.3, 0.4) is 0 Å². The summed E-state index contributed by atoms with van der Waals surface area (Å²) >= 11 is 0. The number of nitrogens with one attached hydrogen (secondary N) is 2. The quantitative estimate of drug-likeness (QED) is 0.764. The summed E-state index contributed by atoms with van der Waals surface area (Å²) in [5.41, 5.74) is 1.03. The van der Waals surface area contributed by atoms with Crippen molar-refractivity contribution in [2.75, 3.05) is 27.5 Å². The van der Waals surface area contributed by atoms with Crippen LogP contribution in [0.5, 0.6) is 11.5 Å². The Hall–Kier alpha value is -2.28. The van der Waals surface area contributed by atoms with E-state index in [1.54, 1.807) is 0 Å². The highest BCUT2D eigenvalue weighted by Crippen LogP contribution is 2.32. The van der Waals surface area contributed by atoms with Gasteiger partial charge in [-0.15, -0.1) is 0 Å². The lowest BCUT2D eigenvalue weighted by molar-refractivity contribution is -0.885. The van der Waals surface area contributed by atoms with Crippen LogP contribution < -0.4 is 19.7 Å². The molecule has 1 heterocycles. The van der Waals surface area contributed by atoms with Crippen molar-refractivity contribution in [3.05, 3.63) is 23.8 Å². The second kappa shape index (κ2) is 6.25. The molecule has 0 saturated carbocycles. The number of carbonyl (C=O) groups excluding carboxylic acids is 2. The number of quaternary nitrogens is 1. The first kappa shape index (κ1) is 14.1. The molecule has 2 amide bonds. The maximum atomic E-state index is 11.5. The Morgan fingerprint density at radius 3 is 2.85 bits per heavy atom. The fourth-order valence-electron chi connectivity index (χ4n) is 1.95. The molecular formula is C13H17N2O5+. The summed E-state index contributed by atoms with van der Waals surface area (Å²) < 4.78 is 14.9. The summed E-state index contributed by atoms with van der Waals surface area (Å²) in [4.78, 5) is 23.4. The van der Waals surface area contributed by atoms with Gasteiger partial charge in [0.05, 0.1) is 14.2 Å². The highest BCUT2D eigenvalue weighted by molar-refractivity contribution is 5.92. The van der Waals surface area contributed by atoms with E-state index in [0.29, 0.717) is 12.3 Å². The van der Waals surface area contributed by atoms with Gasteiger partial charge in [-0.2, -0.15) is 0 Å². The van der Waals surface area contributed by atoms with Gasteiger partial charge in [-0.3, -0.25) is 10.1 Å². The molecule has 0 saturated heterocycles. The van der Waals surface area contributed by atoms with Crippen molar-refractivity contribution in [3.8, 4) is 11.5 Å². The number of alkyl carbamates (subject to hydrolysis) is 1. The third-order valence-electron chi connectivity index (χ3n) is 2.83. The molecule has 1 aliphatic heterocycles. The van der Waals surface area contributed by atoms with Gasteiger partial charge in [0.25, 0.3) is 5.91 Å². The van der Waals surface area contributed by atoms with Gasteiger partial charge in [0.15, 0.2) is 18.0 Å². The van der Waals surface area contributed by atoms with Crippen molar-refractivity contribution in [2.24, 2.45) is 0 Å². The van der Waals surface area contributed by atoms with E-state index in [4.69, 9.17) is 9.47 Å². The second-order valence-electron chi connectivity index (χ2n) is 4.54. The zero-order valence-corrected chi connectivity index (χ0v) is 11.4. The molecule has 0 spiro atoms. The van der Waals surface area contributed by atoms with Gasteiger partial charge in [0, 0.05) is 5.56 Å². The predicted octanol–water partition coefficient (Wildman–Crippen LogP) is -0.687. The summed E-state index contributed by atoms with van der Waals surface area (Å²) in [7, 11) is 3.08. The molecule has 0 aliphatic carbocycles. The molecule has 1 aromatic carbocycles. The average Bonchev–Trinajstić information content (AvgIpc) is 2.85. The van der Waals surface area contributed by atoms with Crippen LogP contribution in [0.1, 0.15) is 5.56 Å². The molecule has 1 aromatic rings. The molecule has 20 heavy (non-hydrogen) atoms. The molecule has 7 nitrogen and oxygen atoms in total. The Bertz CT molecular complexity index is 517. The van der Waals surface area contributed by atoms with Crippen LogP contribution in [0, 0.1) is 0 Å². The van der Waals surface area contributed by atoms with Gasteiger partial charge in [0.1, 0.15) is 6.54 Å². The minimum atomic E-state index is -0.745. The lowest BCUT2D eigenvalue weighted by atomic mass is 10.2. The van der Waals surface area contributed by atoms with Gasteiger partial charge in [-0.25, -0.2) is 4.79 Å². The van der Waals surface area contributed by atoms with Gasteiger partial charge in [-0.1, -0.05) is 0 Å². The predicted molar refractivity (Wildman–Crippen MR) is 68.6 cm³/mol. The topological polar surface area (TPSA) is 78.3 Å². The molecule has 0 fully saturated rings. The Labute approximate surface area is 116 Å². The highest BCUT2D eigenvalue weighted by Gasteiger charge is 2.17. The zero-order valence-electron chi connectivity index (χ0n) is 11.4. The van der Waals surface area contributed by atoms with Crippen molar-refractivity contribution in [1.29, 1.82) is 0 Å². The minimum Gasteiger partial charge on any atom is -0.454 e. The number of methoxy groups -OCH3 is 1. The third kappa shape index (κ3) is 3.61. The van der Waals surface area contributed by atoms with Gasteiger partial charge < -0.3 is 19.1 Å². The number of rotatable bonds is 4. The van der Waals surface area contributed by atoms with Gasteiger partial charge in [0.2, 0.25) is 6.79 Å². The summed E-state index contributed by atoms with van der Waals surface area (Å²) in [5, 5.41) is 2.12. The Balaban J connectivity index is 1.86. The van der Waals surface area contributed by atoms with Crippen LogP contribution >= 0.6 is 0 Å². The summed E-state index contributed by atoms with van der Waals surface area (Å²) in [6.07, 6.45) is -0.745. The van der Waals surface area contributed by atoms with E-state index >= 15 is 0 Å². The highest BCUT2D eigenvalue weighted by atomic mass is 16.7. The number of ether oxygens (including phenoxy) is 3. The lowest BCUT2D eigenvalue weighted by Gasteiger charge is -2.13. The molecule has 0 radical (unpaired) electrons. The molecule has 1 unspecified atom stereocenters. The zero-order chi connectivity index (χ0) is 14.5. The van der Waals surface area contributed by atoms with Crippen LogP contribution in [0.15, 0.2) is 18.2 Å². The molecule has 2 N–H and O–H groups in total. The minimum absolute atomic E-state index is 0.170. The van der Waals surface area contributed by atoms with Crippen LogP contribution in [-0.4, -0.2) is 39.5 Å².